The van der Waals surface area contributed by atoms with Gasteiger partial charge in [-0.05, 0) is 23.1 Å². The molecule has 0 aliphatic heterocycles. The van der Waals surface area contributed by atoms with Crippen LogP contribution in [-0.4, -0.2) is 23.5 Å². The van der Waals surface area contributed by atoms with Crippen molar-refractivity contribution in [1.82, 2.24) is 5.32 Å². The fourth-order valence-electron chi connectivity index (χ4n) is 2.46. The first kappa shape index (κ1) is 16.7. The number of aliphatic carboxylic acids is 1. The summed E-state index contributed by atoms with van der Waals surface area (Å²) in [6.07, 6.45) is 1.18. The van der Waals surface area contributed by atoms with Crippen molar-refractivity contribution in [2.45, 2.75) is 25.7 Å². The lowest BCUT2D eigenvalue weighted by atomic mass is 9.99. The van der Waals surface area contributed by atoms with Crippen LogP contribution in [0.2, 0.25) is 0 Å². The lowest BCUT2D eigenvalue weighted by Crippen LogP contribution is -2.32. The van der Waals surface area contributed by atoms with E-state index in [0.29, 0.717) is 5.56 Å². The minimum absolute atomic E-state index is 0.0889. The first-order valence-corrected chi connectivity index (χ1v) is 7.72. The van der Waals surface area contributed by atoms with Crippen molar-refractivity contribution in [1.29, 1.82) is 0 Å². The summed E-state index contributed by atoms with van der Waals surface area (Å²) in [6, 6.07) is 16.8. The third kappa shape index (κ3) is 4.95. The van der Waals surface area contributed by atoms with Crippen molar-refractivity contribution in [3.8, 4) is 0 Å². The zero-order valence-corrected chi connectivity index (χ0v) is 13.2. The summed E-state index contributed by atoms with van der Waals surface area (Å²) in [6.45, 7) is 2.15. The zero-order chi connectivity index (χ0) is 16.7. The van der Waals surface area contributed by atoms with Gasteiger partial charge < -0.3 is 10.4 Å². The van der Waals surface area contributed by atoms with Crippen LogP contribution in [0.5, 0.6) is 0 Å². The van der Waals surface area contributed by atoms with E-state index in [1.165, 1.54) is 5.56 Å². The fraction of sp³-hybridized carbons (Fsp3) is 0.263. The lowest BCUT2D eigenvalue weighted by molar-refractivity contribution is -0.138. The molecule has 1 unspecified atom stereocenters. The number of hydrogen-bond acceptors (Lipinski definition) is 2. The third-order valence-corrected chi connectivity index (χ3v) is 3.77. The van der Waals surface area contributed by atoms with Gasteiger partial charge in [0.05, 0.1) is 12.3 Å². The molecule has 2 N–H and O–H groups in total. The van der Waals surface area contributed by atoms with Gasteiger partial charge in [0, 0.05) is 6.54 Å². The topological polar surface area (TPSA) is 66.4 Å². The molecular weight excluding hydrogens is 290 g/mol. The van der Waals surface area contributed by atoms with E-state index in [1.807, 2.05) is 30.3 Å². The SMILES string of the molecule is CCc1cccc(CC(=O)NCC(C(=O)O)c2ccccc2)c1. The van der Waals surface area contributed by atoms with Crippen LogP contribution in [0.1, 0.15) is 29.5 Å². The molecule has 0 saturated heterocycles. The van der Waals surface area contributed by atoms with Gasteiger partial charge in [0.2, 0.25) is 5.91 Å². The molecule has 0 aliphatic rings. The van der Waals surface area contributed by atoms with E-state index in [9.17, 15) is 14.7 Å². The van der Waals surface area contributed by atoms with Crippen LogP contribution in [0.15, 0.2) is 54.6 Å². The maximum Gasteiger partial charge on any atom is 0.312 e. The monoisotopic (exact) mass is 311 g/mol. The minimum Gasteiger partial charge on any atom is -0.481 e. The Labute approximate surface area is 136 Å². The van der Waals surface area contributed by atoms with Crippen LogP contribution in [-0.2, 0) is 22.4 Å². The molecule has 23 heavy (non-hydrogen) atoms. The van der Waals surface area contributed by atoms with Crippen molar-refractivity contribution < 1.29 is 14.7 Å². The Morgan fingerprint density at radius 1 is 1.04 bits per heavy atom. The second kappa shape index (κ2) is 8.13. The normalized spacial score (nSPS) is 11.7. The summed E-state index contributed by atoms with van der Waals surface area (Å²) in [5, 5.41) is 12.1. The third-order valence-electron chi connectivity index (χ3n) is 3.77. The van der Waals surface area contributed by atoms with Crippen LogP contribution in [0.25, 0.3) is 0 Å². The molecule has 0 saturated carbocycles. The average molecular weight is 311 g/mol. The average Bonchev–Trinajstić information content (AvgIpc) is 2.56. The van der Waals surface area contributed by atoms with E-state index in [1.54, 1.807) is 24.3 Å². The molecule has 1 atom stereocenters. The smallest absolute Gasteiger partial charge is 0.312 e. The standard InChI is InChI=1S/C19H21NO3/c1-2-14-7-6-8-15(11-14)12-18(21)20-13-17(19(22)23)16-9-4-3-5-10-16/h3-11,17H,2,12-13H2,1H3,(H,20,21)(H,22,23). The number of amides is 1. The summed E-state index contributed by atoms with van der Waals surface area (Å²) in [5.74, 6) is -1.84. The number of nitrogens with one attached hydrogen (secondary N) is 1. The number of aryl methyl sites for hydroxylation is 1. The number of benzene rings is 2. The van der Waals surface area contributed by atoms with E-state index in [-0.39, 0.29) is 18.9 Å². The Bertz CT molecular complexity index is 667. The molecule has 2 aromatic carbocycles. The molecule has 120 valence electrons. The largest absolute Gasteiger partial charge is 0.481 e. The summed E-state index contributed by atoms with van der Waals surface area (Å²) in [4.78, 5) is 23.5. The molecule has 4 heteroatoms. The number of rotatable bonds is 7. The Morgan fingerprint density at radius 3 is 2.39 bits per heavy atom. The van der Waals surface area contributed by atoms with E-state index in [0.717, 1.165) is 12.0 Å². The van der Waals surface area contributed by atoms with E-state index in [2.05, 4.69) is 12.2 Å². The van der Waals surface area contributed by atoms with Crippen molar-refractivity contribution in [2.75, 3.05) is 6.54 Å². The Morgan fingerprint density at radius 2 is 1.74 bits per heavy atom. The molecule has 2 rings (SSSR count). The van der Waals surface area contributed by atoms with E-state index in [4.69, 9.17) is 0 Å². The van der Waals surface area contributed by atoms with Gasteiger partial charge in [-0.15, -0.1) is 0 Å². The maximum atomic E-state index is 12.1. The van der Waals surface area contributed by atoms with Crippen LogP contribution in [0, 0.1) is 0 Å². The van der Waals surface area contributed by atoms with Gasteiger partial charge in [-0.25, -0.2) is 0 Å². The molecule has 4 nitrogen and oxygen atoms in total. The predicted octanol–water partition coefficient (Wildman–Crippen LogP) is 2.78. The van der Waals surface area contributed by atoms with Gasteiger partial charge in [0.1, 0.15) is 0 Å². The van der Waals surface area contributed by atoms with Crippen molar-refractivity contribution in [3.63, 3.8) is 0 Å². The van der Waals surface area contributed by atoms with Gasteiger partial charge in [-0.2, -0.15) is 0 Å². The number of carbonyl (C=O) groups is 2. The summed E-state index contributed by atoms with van der Waals surface area (Å²) >= 11 is 0. The molecule has 1 amide bonds. The molecule has 2 aromatic rings. The Hall–Kier alpha value is -2.62. The second-order valence-corrected chi connectivity index (χ2v) is 5.46. The highest BCUT2D eigenvalue weighted by Gasteiger charge is 2.20. The fourth-order valence-corrected chi connectivity index (χ4v) is 2.46. The van der Waals surface area contributed by atoms with Gasteiger partial charge in [0.25, 0.3) is 0 Å². The highest BCUT2D eigenvalue weighted by molar-refractivity contribution is 5.81. The summed E-state index contributed by atoms with van der Waals surface area (Å²) < 4.78 is 0. The molecule has 0 aromatic heterocycles. The minimum atomic E-state index is -0.940. The molecule has 0 heterocycles. The van der Waals surface area contributed by atoms with Crippen molar-refractivity contribution in [3.05, 3.63) is 71.3 Å². The Kier molecular flexibility index (Phi) is 5.92. The van der Waals surface area contributed by atoms with Gasteiger partial charge in [0.15, 0.2) is 0 Å². The number of carbonyl (C=O) groups excluding carboxylic acids is 1. The first-order valence-electron chi connectivity index (χ1n) is 7.72. The lowest BCUT2D eigenvalue weighted by Gasteiger charge is -2.14. The molecule has 0 spiro atoms. The van der Waals surface area contributed by atoms with Crippen LogP contribution in [0.3, 0.4) is 0 Å². The van der Waals surface area contributed by atoms with Crippen molar-refractivity contribution >= 4 is 11.9 Å². The quantitative estimate of drug-likeness (QED) is 0.826. The molecule has 0 radical (unpaired) electrons. The summed E-state index contributed by atoms with van der Waals surface area (Å²) in [7, 11) is 0. The Balaban J connectivity index is 1.95. The second-order valence-electron chi connectivity index (χ2n) is 5.46. The van der Waals surface area contributed by atoms with Crippen LogP contribution in [0.4, 0.5) is 0 Å². The molecule has 0 fully saturated rings. The van der Waals surface area contributed by atoms with Crippen LogP contribution < -0.4 is 5.32 Å². The predicted molar refractivity (Wildman–Crippen MR) is 89.4 cm³/mol. The van der Waals surface area contributed by atoms with E-state index >= 15 is 0 Å². The zero-order valence-electron chi connectivity index (χ0n) is 13.2. The molecule has 0 bridgehead atoms. The highest BCUT2D eigenvalue weighted by atomic mass is 16.4. The van der Waals surface area contributed by atoms with Crippen molar-refractivity contribution in [2.24, 2.45) is 0 Å². The number of carboxylic acids is 1. The molecule has 0 aliphatic carbocycles. The first-order chi connectivity index (χ1) is 11.1. The van der Waals surface area contributed by atoms with Gasteiger partial charge in [-0.1, -0.05) is 61.5 Å². The summed E-state index contributed by atoms with van der Waals surface area (Å²) in [5.41, 5.74) is 2.81. The van der Waals surface area contributed by atoms with Gasteiger partial charge in [-0.3, -0.25) is 9.59 Å². The van der Waals surface area contributed by atoms with Gasteiger partial charge >= 0.3 is 5.97 Å². The van der Waals surface area contributed by atoms with E-state index < -0.39 is 11.9 Å². The highest BCUT2D eigenvalue weighted by Crippen LogP contribution is 2.15. The maximum absolute atomic E-state index is 12.1. The number of hydrogen-bond donors (Lipinski definition) is 2. The van der Waals surface area contributed by atoms with Crippen LogP contribution >= 0.6 is 0 Å². The molecular formula is C19H21NO3. The number of carboxylic acid groups (broad SMARTS) is 1.